The van der Waals surface area contributed by atoms with Crippen molar-refractivity contribution in [2.75, 3.05) is 5.32 Å². The first-order valence-electron chi connectivity index (χ1n) is 11.1. The number of nitro groups is 1. The fraction of sp³-hybridized carbons (Fsp3) is 0.417. The molecule has 0 saturated heterocycles. The van der Waals surface area contributed by atoms with Gasteiger partial charge in [0.2, 0.25) is 5.91 Å². The number of para-hydroxylation sites is 1. The van der Waals surface area contributed by atoms with Crippen molar-refractivity contribution >= 4 is 23.2 Å². The number of nitro benzene ring substituents is 1. The number of nitrogens with two attached hydrogens (primary N) is 1. The second-order valence-corrected chi connectivity index (χ2v) is 8.67. The smallest absolute Gasteiger partial charge is 0.269 e. The summed E-state index contributed by atoms with van der Waals surface area (Å²) in [6.45, 7) is 0.393. The van der Waals surface area contributed by atoms with Crippen molar-refractivity contribution in [3.63, 3.8) is 0 Å². The Kier molecular flexibility index (Phi) is 6.50. The molecule has 2 fully saturated rings. The molecule has 0 spiro atoms. The number of nitrogens with one attached hydrogen (secondary N) is 1. The van der Waals surface area contributed by atoms with E-state index in [2.05, 4.69) is 5.32 Å². The Labute approximate surface area is 186 Å². The number of carbonyl (C=O) groups is 2. The molecule has 168 valence electrons. The zero-order chi connectivity index (χ0) is 22.7. The Balaban J connectivity index is 1.54. The number of benzene rings is 2. The van der Waals surface area contributed by atoms with Gasteiger partial charge in [0.05, 0.1) is 4.92 Å². The van der Waals surface area contributed by atoms with E-state index in [1.54, 1.807) is 6.07 Å². The topological polar surface area (TPSA) is 119 Å². The van der Waals surface area contributed by atoms with E-state index in [-0.39, 0.29) is 35.5 Å². The molecule has 8 nitrogen and oxygen atoms in total. The number of hydrogen-bond acceptors (Lipinski definition) is 5. The molecule has 0 radical (unpaired) electrons. The summed E-state index contributed by atoms with van der Waals surface area (Å²) in [4.78, 5) is 38.2. The van der Waals surface area contributed by atoms with E-state index in [1.165, 1.54) is 24.3 Å². The van der Waals surface area contributed by atoms with Gasteiger partial charge < -0.3 is 16.0 Å². The molecule has 0 heterocycles. The van der Waals surface area contributed by atoms with Crippen LogP contribution in [0.5, 0.6) is 0 Å². The average molecular weight is 437 g/mol. The standard InChI is InChI=1S/C24H28N4O4/c25-20-6-2-4-8-22(20)27(24(30)17-9-10-17)15-18-5-1-3-7-21(18)26-23(29)16-11-13-19(14-12-16)28(31)32/h1,3,5,7,11-14,17,20,22H,2,4,6,8-10,15,25H2,(H,26,29). The summed E-state index contributed by atoms with van der Waals surface area (Å²) in [6.07, 6.45) is 5.82. The number of carbonyl (C=O) groups excluding carboxylic acids is 2. The van der Waals surface area contributed by atoms with E-state index < -0.39 is 4.92 Å². The summed E-state index contributed by atoms with van der Waals surface area (Å²) in [6, 6.07) is 12.9. The van der Waals surface area contributed by atoms with Crippen LogP contribution in [0, 0.1) is 16.0 Å². The third-order valence-electron chi connectivity index (χ3n) is 6.34. The van der Waals surface area contributed by atoms with Crippen LogP contribution in [0.1, 0.15) is 54.4 Å². The summed E-state index contributed by atoms with van der Waals surface area (Å²) < 4.78 is 0. The molecule has 2 aliphatic carbocycles. The Bertz CT molecular complexity index is 1000. The van der Waals surface area contributed by atoms with Crippen LogP contribution in [0.3, 0.4) is 0 Å². The molecule has 4 rings (SSSR count). The molecule has 32 heavy (non-hydrogen) atoms. The lowest BCUT2D eigenvalue weighted by Gasteiger charge is -2.39. The summed E-state index contributed by atoms with van der Waals surface area (Å²) in [5, 5.41) is 13.7. The third kappa shape index (κ3) is 4.96. The van der Waals surface area contributed by atoms with E-state index in [0.717, 1.165) is 44.1 Å². The zero-order valence-electron chi connectivity index (χ0n) is 17.9. The van der Waals surface area contributed by atoms with Gasteiger partial charge in [-0.1, -0.05) is 31.0 Å². The van der Waals surface area contributed by atoms with Gasteiger partial charge in [-0.25, -0.2) is 0 Å². The van der Waals surface area contributed by atoms with Crippen molar-refractivity contribution < 1.29 is 14.5 Å². The molecular formula is C24H28N4O4. The van der Waals surface area contributed by atoms with Crippen molar-refractivity contribution in [2.24, 2.45) is 11.7 Å². The highest BCUT2D eigenvalue weighted by molar-refractivity contribution is 6.04. The molecule has 0 aliphatic heterocycles. The minimum absolute atomic E-state index is 0.00952. The zero-order valence-corrected chi connectivity index (χ0v) is 17.9. The molecule has 0 bridgehead atoms. The normalized spacial score (nSPS) is 20.4. The van der Waals surface area contributed by atoms with Crippen LogP contribution < -0.4 is 11.1 Å². The van der Waals surface area contributed by atoms with E-state index in [1.807, 2.05) is 23.1 Å². The molecule has 3 N–H and O–H groups in total. The largest absolute Gasteiger partial charge is 0.334 e. The predicted octanol–water partition coefficient (Wildman–Crippen LogP) is 3.86. The van der Waals surface area contributed by atoms with Crippen LogP contribution in [0.25, 0.3) is 0 Å². The number of non-ortho nitro benzene ring substituents is 1. The van der Waals surface area contributed by atoms with E-state index >= 15 is 0 Å². The highest BCUT2D eigenvalue weighted by Crippen LogP contribution is 2.35. The maximum Gasteiger partial charge on any atom is 0.269 e. The molecule has 2 unspecified atom stereocenters. The van der Waals surface area contributed by atoms with Crippen molar-refractivity contribution in [3.05, 3.63) is 69.8 Å². The second kappa shape index (κ2) is 9.48. The molecule has 2 aliphatic rings. The lowest BCUT2D eigenvalue weighted by atomic mass is 9.89. The summed E-state index contributed by atoms with van der Waals surface area (Å²) in [7, 11) is 0. The maximum absolute atomic E-state index is 13.1. The molecule has 2 aromatic carbocycles. The van der Waals surface area contributed by atoms with Crippen molar-refractivity contribution in [1.82, 2.24) is 4.90 Å². The number of amides is 2. The second-order valence-electron chi connectivity index (χ2n) is 8.67. The van der Waals surface area contributed by atoms with Gasteiger partial charge in [-0.15, -0.1) is 0 Å². The fourth-order valence-electron chi connectivity index (χ4n) is 4.34. The number of hydrogen-bond donors (Lipinski definition) is 2. The van der Waals surface area contributed by atoms with Gasteiger partial charge in [0, 0.05) is 47.9 Å². The van der Waals surface area contributed by atoms with Crippen molar-refractivity contribution in [3.8, 4) is 0 Å². The summed E-state index contributed by atoms with van der Waals surface area (Å²) >= 11 is 0. The highest BCUT2D eigenvalue weighted by Gasteiger charge is 2.39. The Morgan fingerprint density at radius 3 is 2.38 bits per heavy atom. The summed E-state index contributed by atoms with van der Waals surface area (Å²) in [5.74, 6) is -0.114. The highest BCUT2D eigenvalue weighted by atomic mass is 16.6. The molecule has 2 amide bonds. The Morgan fingerprint density at radius 1 is 1.03 bits per heavy atom. The number of nitrogens with zero attached hydrogens (tertiary/aromatic N) is 2. The van der Waals surface area contributed by atoms with Crippen LogP contribution in [0.15, 0.2) is 48.5 Å². The van der Waals surface area contributed by atoms with Gasteiger partial charge in [-0.3, -0.25) is 19.7 Å². The van der Waals surface area contributed by atoms with Gasteiger partial charge in [0.25, 0.3) is 11.6 Å². The molecular weight excluding hydrogens is 408 g/mol. The molecule has 2 saturated carbocycles. The first kappa shape index (κ1) is 22.0. The third-order valence-corrected chi connectivity index (χ3v) is 6.34. The van der Waals surface area contributed by atoms with Crippen molar-refractivity contribution in [2.45, 2.75) is 57.2 Å². The minimum atomic E-state index is -0.502. The minimum Gasteiger partial charge on any atom is -0.334 e. The Hall–Kier alpha value is -3.26. The van der Waals surface area contributed by atoms with Gasteiger partial charge in [-0.2, -0.15) is 0 Å². The van der Waals surface area contributed by atoms with Gasteiger partial charge >= 0.3 is 0 Å². The molecule has 8 heteroatoms. The molecule has 2 aromatic rings. The average Bonchev–Trinajstić information content (AvgIpc) is 3.64. The van der Waals surface area contributed by atoms with Crippen LogP contribution in [-0.4, -0.2) is 33.7 Å². The lowest BCUT2D eigenvalue weighted by Crippen LogP contribution is -2.52. The lowest BCUT2D eigenvalue weighted by molar-refractivity contribution is -0.384. The first-order chi connectivity index (χ1) is 15.4. The summed E-state index contributed by atoms with van der Waals surface area (Å²) in [5.41, 5.74) is 8.13. The monoisotopic (exact) mass is 436 g/mol. The van der Waals surface area contributed by atoms with E-state index in [0.29, 0.717) is 17.8 Å². The van der Waals surface area contributed by atoms with Crippen molar-refractivity contribution in [1.29, 1.82) is 0 Å². The maximum atomic E-state index is 13.1. The Morgan fingerprint density at radius 2 is 1.72 bits per heavy atom. The van der Waals surface area contributed by atoms with E-state index in [9.17, 15) is 19.7 Å². The molecule has 0 aromatic heterocycles. The first-order valence-corrected chi connectivity index (χ1v) is 11.1. The van der Waals surface area contributed by atoms with E-state index in [4.69, 9.17) is 5.73 Å². The quantitative estimate of drug-likeness (QED) is 0.505. The van der Waals surface area contributed by atoms with Crippen LogP contribution in [-0.2, 0) is 11.3 Å². The fourth-order valence-corrected chi connectivity index (χ4v) is 4.34. The van der Waals surface area contributed by atoms with Gasteiger partial charge in [0.1, 0.15) is 0 Å². The predicted molar refractivity (Wildman–Crippen MR) is 121 cm³/mol. The van der Waals surface area contributed by atoms with Crippen LogP contribution in [0.4, 0.5) is 11.4 Å². The van der Waals surface area contributed by atoms with Gasteiger partial charge in [0.15, 0.2) is 0 Å². The van der Waals surface area contributed by atoms with Gasteiger partial charge in [-0.05, 0) is 49.4 Å². The van der Waals surface area contributed by atoms with Crippen LogP contribution in [0.2, 0.25) is 0 Å². The molecule has 2 atom stereocenters. The SMILES string of the molecule is NC1CCCCC1N(Cc1ccccc1NC(=O)c1ccc([N+](=O)[O-])cc1)C(=O)C1CC1. The van der Waals surface area contributed by atoms with Crippen LogP contribution >= 0.6 is 0 Å². The number of rotatable bonds is 7. The number of anilines is 1.